The molecular weight excluding hydrogens is 286 g/mol. The fourth-order valence-electron chi connectivity index (χ4n) is 3.01. The molecule has 1 aromatic rings. The van der Waals surface area contributed by atoms with Crippen molar-refractivity contribution in [3.05, 3.63) is 34.3 Å². The minimum Gasteiger partial charge on any atom is -0.313 e. The van der Waals surface area contributed by atoms with Crippen LogP contribution >= 0.6 is 15.9 Å². The average Bonchev–Trinajstić information content (AvgIpc) is 3.08. The van der Waals surface area contributed by atoms with Gasteiger partial charge in [0.15, 0.2) is 0 Å². The molecule has 18 heavy (non-hydrogen) atoms. The van der Waals surface area contributed by atoms with Gasteiger partial charge >= 0.3 is 0 Å². The first-order valence-electron chi connectivity index (χ1n) is 7.20. The van der Waals surface area contributed by atoms with Crippen LogP contribution in [-0.4, -0.2) is 12.6 Å². The molecule has 2 aliphatic carbocycles. The molecule has 1 N–H and O–H groups in total. The lowest BCUT2D eigenvalue weighted by Crippen LogP contribution is -2.42. The van der Waals surface area contributed by atoms with E-state index in [2.05, 4.69) is 52.4 Å². The van der Waals surface area contributed by atoms with E-state index in [1.807, 2.05) is 0 Å². The summed E-state index contributed by atoms with van der Waals surface area (Å²) in [6.07, 6.45) is 6.87. The largest absolute Gasteiger partial charge is 0.313 e. The minimum atomic E-state index is 0.681. The lowest BCUT2D eigenvalue weighted by atomic mass is 9.75. The van der Waals surface area contributed by atoms with Crippen molar-refractivity contribution in [3.63, 3.8) is 0 Å². The van der Waals surface area contributed by atoms with Crippen molar-refractivity contribution in [2.24, 2.45) is 5.41 Å². The molecule has 2 fully saturated rings. The summed E-state index contributed by atoms with van der Waals surface area (Å²) in [5.41, 5.74) is 2.18. The second-order valence-corrected chi connectivity index (χ2v) is 7.07. The summed E-state index contributed by atoms with van der Waals surface area (Å²) in [7, 11) is 0. The summed E-state index contributed by atoms with van der Waals surface area (Å²) in [5, 5.41) is 3.78. The summed E-state index contributed by atoms with van der Waals surface area (Å²) in [5.74, 6) is 0.775. The molecule has 0 saturated heterocycles. The molecule has 3 rings (SSSR count). The summed E-state index contributed by atoms with van der Waals surface area (Å²) in [4.78, 5) is 0. The van der Waals surface area contributed by atoms with Gasteiger partial charge in [0.2, 0.25) is 0 Å². The third-order valence-corrected chi connectivity index (χ3v) is 5.42. The maximum absolute atomic E-state index is 3.78. The maximum atomic E-state index is 3.78. The molecule has 0 amide bonds. The van der Waals surface area contributed by atoms with E-state index in [0.717, 1.165) is 12.0 Å². The van der Waals surface area contributed by atoms with E-state index in [1.54, 1.807) is 0 Å². The summed E-state index contributed by atoms with van der Waals surface area (Å²) >= 11 is 3.56. The number of rotatable bonds is 5. The molecule has 0 bridgehead atoms. The fraction of sp³-hybridized carbons (Fsp3) is 0.625. The van der Waals surface area contributed by atoms with Crippen molar-refractivity contribution in [2.45, 2.75) is 51.0 Å². The Balaban J connectivity index is 1.46. The molecule has 2 aliphatic rings. The van der Waals surface area contributed by atoms with E-state index in [1.165, 1.54) is 48.7 Å². The maximum Gasteiger partial charge on any atom is 0.0178 e. The molecule has 2 saturated carbocycles. The van der Waals surface area contributed by atoms with Crippen LogP contribution < -0.4 is 5.32 Å². The molecule has 0 aliphatic heterocycles. The van der Waals surface area contributed by atoms with E-state index in [-0.39, 0.29) is 0 Å². The van der Waals surface area contributed by atoms with E-state index in [0.29, 0.717) is 5.41 Å². The molecule has 1 aromatic carbocycles. The quantitative estimate of drug-likeness (QED) is 0.846. The van der Waals surface area contributed by atoms with Crippen LogP contribution in [0.25, 0.3) is 0 Å². The Morgan fingerprint density at radius 2 is 2.11 bits per heavy atom. The summed E-state index contributed by atoms with van der Waals surface area (Å²) < 4.78 is 1.21. The van der Waals surface area contributed by atoms with Gasteiger partial charge in [-0.3, -0.25) is 0 Å². The second-order valence-electron chi connectivity index (χ2n) is 6.15. The molecule has 98 valence electrons. The third kappa shape index (κ3) is 2.65. The smallest absolute Gasteiger partial charge is 0.0178 e. The van der Waals surface area contributed by atoms with Crippen LogP contribution in [-0.2, 0) is 0 Å². The van der Waals surface area contributed by atoms with Gasteiger partial charge in [0.25, 0.3) is 0 Å². The Labute approximate surface area is 118 Å². The molecule has 0 radical (unpaired) electrons. The van der Waals surface area contributed by atoms with Gasteiger partial charge in [0, 0.05) is 17.1 Å². The Morgan fingerprint density at radius 3 is 2.72 bits per heavy atom. The van der Waals surface area contributed by atoms with Crippen LogP contribution in [0.2, 0.25) is 0 Å². The van der Waals surface area contributed by atoms with Crippen LogP contribution in [0.1, 0.15) is 50.5 Å². The lowest BCUT2D eigenvalue weighted by molar-refractivity contribution is 0.268. The van der Waals surface area contributed by atoms with Crippen LogP contribution in [0.4, 0.5) is 0 Å². The van der Waals surface area contributed by atoms with Gasteiger partial charge in [-0.1, -0.05) is 35.0 Å². The average molecular weight is 308 g/mol. The number of hydrogen-bond donors (Lipinski definition) is 1. The summed E-state index contributed by atoms with van der Waals surface area (Å²) in [6.45, 7) is 3.58. The van der Waals surface area contributed by atoms with Crippen molar-refractivity contribution in [1.82, 2.24) is 5.32 Å². The highest BCUT2D eigenvalue weighted by atomic mass is 79.9. The van der Waals surface area contributed by atoms with E-state index < -0.39 is 0 Å². The van der Waals surface area contributed by atoms with Crippen molar-refractivity contribution >= 4 is 15.9 Å². The molecule has 0 unspecified atom stereocenters. The summed E-state index contributed by atoms with van der Waals surface area (Å²) in [6, 6.07) is 9.56. The molecule has 0 aromatic heterocycles. The van der Waals surface area contributed by atoms with Gasteiger partial charge in [-0.05, 0) is 61.1 Å². The Kier molecular flexibility index (Phi) is 3.50. The molecule has 0 spiro atoms. The van der Waals surface area contributed by atoms with Gasteiger partial charge in [-0.25, -0.2) is 0 Å². The third-order valence-electron chi connectivity index (χ3n) is 4.93. The zero-order valence-corrected chi connectivity index (χ0v) is 12.7. The van der Waals surface area contributed by atoms with Crippen molar-refractivity contribution < 1.29 is 0 Å². The second kappa shape index (κ2) is 4.97. The zero-order chi connectivity index (χ0) is 12.6. The molecule has 2 heteroatoms. The van der Waals surface area contributed by atoms with Gasteiger partial charge in [-0.2, -0.15) is 0 Å². The molecular formula is C16H22BrN. The molecule has 0 heterocycles. The number of benzene rings is 1. The Morgan fingerprint density at radius 1 is 1.33 bits per heavy atom. The minimum absolute atomic E-state index is 0.681. The van der Waals surface area contributed by atoms with E-state index >= 15 is 0 Å². The normalized spacial score (nSPS) is 28.8. The first-order valence-corrected chi connectivity index (χ1v) is 7.99. The van der Waals surface area contributed by atoms with Gasteiger partial charge in [0.1, 0.15) is 0 Å². The zero-order valence-electron chi connectivity index (χ0n) is 11.1. The first-order chi connectivity index (χ1) is 8.71. The number of nitrogens with one attached hydrogen (secondary N) is 1. The van der Waals surface area contributed by atoms with Crippen molar-refractivity contribution in [3.8, 4) is 0 Å². The highest BCUT2D eigenvalue weighted by Crippen LogP contribution is 2.48. The monoisotopic (exact) mass is 307 g/mol. The van der Waals surface area contributed by atoms with Crippen LogP contribution in [0.15, 0.2) is 28.7 Å². The lowest BCUT2D eigenvalue weighted by Gasteiger charge is -2.37. The highest BCUT2D eigenvalue weighted by Gasteiger charge is 2.41. The van der Waals surface area contributed by atoms with E-state index in [4.69, 9.17) is 0 Å². The Hall–Kier alpha value is -0.340. The number of hydrogen-bond acceptors (Lipinski definition) is 1. The van der Waals surface area contributed by atoms with Crippen molar-refractivity contribution in [2.75, 3.05) is 6.54 Å². The van der Waals surface area contributed by atoms with Crippen molar-refractivity contribution in [1.29, 1.82) is 0 Å². The van der Waals surface area contributed by atoms with Crippen LogP contribution in [0.5, 0.6) is 0 Å². The van der Waals surface area contributed by atoms with E-state index in [9.17, 15) is 0 Å². The highest BCUT2D eigenvalue weighted by molar-refractivity contribution is 9.10. The predicted octanol–water partition coefficient (Wildman–Crippen LogP) is 4.47. The standard InChI is InChI=1S/C16H22BrN/c1-2-16(6-7-16)11-18-15-9-13(10-15)12-4-3-5-14(17)8-12/h3-5,8,13,15,18H,2,6-7,9-11H2,1H3. The Bertz CT molecular complexity index is 419. The van der Waals surface area contributed by atoms with Gasteiger partial charge in [-0.15, -0.1) is 0 Å². The number of halogens is 1. The molecule has 1 nitrogen and oxygen atoms in total. The van der Waals surface area contributed by atoms with Crippen LogP contribution in [0.3, 0.4) is 0 Å². The molecule has 0 atom stereocenters. The topological polar surface area (TPSA) is 12.0 Å². The fourth-order valence-corrected chi connectivity index (χ4v) is 3.43. The predicted molar refractivity (Wildman–Crippen MR) is 79.9 cm³/mol. The van der Waals surface area contributed by atoms with Gasteiger partial charge in [0.05, 0.1) is 0 Å². The SMILES string of the molecule is CCC1(CNC2CC(c3cccc(Br)c3)C2)CC1. The van der Waals surface area contributed by atoms with Crippen LogP contribution in [0, 0.1) is 5.41 Å². The first kappa shape index (κ1) is 12.7. The van der Waals surface area contributed by atoms with Gasteiger partial charge < -0.3 is 5.32 Å².